The van der Waals surface area contributed by atoms with Gasteiger partial charge in [0.1, 0.15) is 11.9 Å². The Bertz CT molecular complexity index is 386. The quantitative estimate of drug-likeness (QED) is 0.838. The van der Waals surface area contributed by atoms with Gasteiger partial charge < -0.3 is 5.11 Å². The fourth-order valence-electron chi connectivity index (χ4n) is 1.22. The van der Waals surface area contributed by atoms with E-state index in [1.54, 1.807) is 0 Å². The van der Waals surface area contributed by atoms with Crippen molar-refractivity contribution in [3.8, 4) is 0 Å². The minimum Gasteiger partial charge on any atom is -0.481 e. The predicted octanol–water partition coefficient (Wildman–Crippen LogP) is 2.88. The molecule has 0 heterocycles. The van der Waals surface area contributed by atoms with Gasteiger partial charge in [-0.2, -0.15) is 0 Å². The van der Waals surface area contributed by atoms with Crippen LogP contribution in [0.2, 0.25) is 0 Å². The monoisotopic (exact) mass is 252 g/mol. The molecule has 3 nitrogen and oxygen atoms in total. The average molecular weight is 252 g/mol. The van der Waals surface area contributed by atoms with E-state index in [9.17, 15) is 22.4 Å². The highest BCUT2D eigenvalue weighted by Crippen LogP contribution is 2.30. The van der Waals surface area contributed by atoms with Crippen molar-refractivity contribution in [1.29, 1.82) is 0 Å². The second kappa shape index (κ2) is 5.13. The third-order valence-electron chi connectivity index (χ3n) is 1.88. The third-order valence-corrected chi connectivity index (χ3v) is 1.88. The van der Waals surface area contributed by atoms with Crippen LogP contribution in [0, 0.1) is 5.82 Å². The van der Waals surface area contributed by atoms with Crippen LogP contribution in [0.3, 0.4) is 0 Å². The molecule has 0 aliphatic heterocycles. The Morgan fingerprint density at radius 3 is 2.24 bits per heavy atom. The number of halogens is 4. The van der Waals surface area contributed by atoms with Crippen LogP contribution >= 0.6 is 0 Å². The minimum absolute atomic E-state index is 0.0499. The van der Waals surface area contributed by atoms with Gasteiger partial charge in [0, 0.05) is 0 Å². The van der Waals surface area contributed by atoms with Gasteiger partial charge in [-0.05, 0) is 17.7 Å². The Hall–Kier alpha value is -1.63. The molecule has 0 spiro atoms. The summed E-state index contributed by atoms with van der Waals surface area (Å²) < 4.78 is 52.3. The Morgan fingerprint density at radius 2 is 1.82 bits per heavy atom. The molecule has 1 rings (SSSR count). The van der Waals surface area contributed by atoms with Gasteiger partial charge in [0.25, 0.3) is 0 Å². The molecule has 1 N–H and O–H groups in total. The molecule has 0 saturated heterocycles. The largest absolute Gasteiger partial charge is 0.523 e. The van der Waals surface area contributed by atoms with Crippen molar-refractivity contribution in [2.24, 2.45) is 0 Å². The van der Waals surface area contributed by atoms with Crippen LogP contribution < -0.4 is 0 Å². The second-order valence-electron chi connectivity index (χ2n) is 3.20. The van der Waals surface area contributed by atoms with Crippen molar-refractivity contribution in [3.63, 3.8) is 0 Å². The molecule has 7 heteroatoms. The summed E-state index contributed by atoms with van der Waals surface area (Å²) in [6.45, 7) is 0. The molecule has 0 aromatic heterocycles. The van der Waals surface area contributed by atoms with Gasteiger partial charge in [-0.1, -0.05) is 12.1 Å². The van der Waals surface area contributed by atoms with Crippen molar-refractivity contribution >= 4 is 5.97 Å². The van der Waals surface area contributed by atoms with Crippen molar-refractivity contribution in [2.45, 2.75) is 18.9 Å². The number of aliphatic carboxylic acids is 1. The number of carbonyl (C=O) groups is 1. The smallest absolute Gasteiger partial charge is 0.481 e. The number of rotatable bonds is 4. The molecule has 0 saturated carbocycles. The molecule has 0 fully saturated rings. The van der Waals surface area contributed by atoms with E-state index in [4.69, 9.17) is 5.11 Å². The summed E-state index contributed by atoms with van der Waals surface area (Å²) in [7, 11) is 0. The van der Waals surface area contributed by atoms with E-state index in [1.165, 1.54) is 0 Å². The van der Waals surface area contributed by atoms with Crippen LogP contribution in [0.1, 0.15) is 18.1 Å². The van der Waals surface area contributed by atoms with E-state index in [1.807, 2.05) is 0 Å². The number of benzene rings is 1. The molecule has 0 radical (unpaired) electrons. The maximum Gasteiger partial charge on any atom is 0.523 e. The first-order valence-electron chi connectivity index (χ1n) is 4.50. The zero-order valence-electron chi connectivity index (χ0n) is 8.37. The molecule has 0 aliphatic carbocycles. The zero-order chi connectivity index (χ0) is 13.1. The first-order valence-corrected chi connectivity index (χ1v) is 4.50. The molecule has 0 amide bonds. The van der Waals surface area contributed by atoms with Crippen LogP contribution in [0.15, 0.2) is 24.3 Å². The normalized spacial score (nSPS) is 13.4. The van der Waals surface area contributed by atoms with Gasteiger partial charge in [0.15, 0.2) is 0 Å². The number of hydrogen-bond acceptors (Lipinski definition) is 2. The fraction of sp³-hybridized carbons (Fsp3) is 0.300. The highest BCUT2D eigenvalue weighted by molar-refractivity contribution is 5.67. The molecular formula is C10H8F4O3. The molecule has 1 aromatic carbocycles. The molecule has 1 aromatic rings. The summed E-state index contributed by atoms with van der Waals surface area (Å²) in [5.41, 5.74) is -0.0499. The highest BCUT2D eigenvalue weighted by atomic mass is 19.4. The van der Waals surface area contributed by atoms with Gasteiger partial charge >= 0.3 is 12.3 Å². The van der Waals surface area contributed by atoms with Crippen molar-refractivity contribution in [2.75, 3.05) is 0 Å². The Morgan fingerprint density at radius 1 is 1.29 bits per heavy atom. The van der Waals surface area contributed by atoms with E-state index in [0.29, 0.717) is 0 Å². The van der Waals surface area contributed by atoms with E-state index >= 15 is 0 Å². The first kappa shape index (κ1) is 13.4. The standard InChI is InChI=1S/C10H8F4O3/c11-7-3-1-6(2-4-7)8(5-9(15)16)17-10(12,13)14/h1-4,8H,5H2,(H,15,16). The lowest BCUT2D eigenvalue weighted by Crippen LogP contribution is -2.20. The van der Waals surface area contributed by atoms with E-state index in [2.05, 4.69) is 4.74 Å². The van der Waals surface area contributed by atoms with Crippen molar-refractivity contribution < 1.29 is 32.2 Å². The highest BCUT2D eigenvalue weighted by Gasteiger charge is 2.35. The SMILES string of the molecule is O=C(O)CC(OC(F)(F)F)c1ccc(F)cc1. The van der Waals surface area contributed by atoms with Crippen molar-refractivity contribution in [3.05, 3.63) is 35.6 Å². The molecule has 17 heavy (non-hydrogen) atoms. The summed E-state index contributed by atoms with van der Waals surface area (Å²) in [5.74, 6) is -2.07. The van der Waals surface area contributed by atoms with E-state index in [-0.39, 0.29) is 5.56 Å². The number of carboxylic acid groups (broad SMARTS) is 1. The first-order chi connectivity index (χ1) is 7.78. The molecule has 1 atom stereocenters. The molecular weight excluding hydrogens is 244 g/mol. The van der Waals surface area contributed by atoms with Crippen molar-refractivity contribution in [1.82, 2.24) is 0 Å². The Kier molecular flexibility index (Phi) is 4.06. The van der Waals surface area contributed by atoms with E-state index < -0.39 is 30.7 Å². The fourth-order valence-corrected chi connectivity index (χ4v) is 1.22. The van der Waals surface area contributed by atoms with Crippen LogP contribution in [-0.2, 0) is 9.53 Å². The lowest BCUT2D eigenvalue weighted by molar-refractivity contribution is -0.344. The van der Waals surface area contributed by atoms with Gasteiger partial charge in [-0.3, -0.25) is 9.53 Å². The minimum atomic E-state index is -4.95. The maximum atomic E-state index is 12.6. The van der Waals surface area contributed by atoms with Gasteiger partial charge in [-0.25, -0.2) is 4.39 Å². The summed E-state index contributed by atoms with van der Waals surface area (Å²) >= 11 is 0. The van der Waals surface area contributed by atoms with Gasteiger partial charge in [0.05, 0.1) is 6.42 Å². The van der Waals surface area contributed by atoms with Gasteiger partial charge in [-0.15, -0.1) is 13.2 Å². The third kappa shape index (κ3) is 4.81. The molecule has 0 aliphatic rings. The topological polar surface area (TPSA) is 46.5 Å². The van der Waals surface area contributed by atoms with Crippen LogP contribution in [-0.4, -0.2) is 17.4 Å². The predicted molar refractivity (Wildman–Crippen MR) is 48.5 cm³/mol. The van der Waals surface area contributed by atoms with Crippen LogP contribution in [0.25, 0.3) is 0 Å². The lowest BCUT2D eigenvalue weighted by Gasteiger charge is -2.18. The summed E-state index contributed by atoms with van der Waals surface area (Å²) in [6.07, 6.45) is -7.49. The maximum absolute atomic E-state index is 12.6. The van der Waals surface area contributed by atoms with Crippen LogP contribution in [0.4, 0.5) is 17.6 Å². The van der Waals surface area contributed by atoms with Crippen LogP contribution in [0.5, 0.6) is 0 Å². The van der Waals surface area contributed by atoms with E-state index in [0.717, 1.165) is 24.3 Å². The molecule has 94 valence electrons. The zero-order valence-corrected chi connectivity index (χ0v) is 8.37. The lowest BCUT2D eigenvalue weighted by atomic mass is 10.1. The Labute approximate surface area is 93.6 Å². The number of ether oxygens (including phenoxy) is 1. The average Bonchev–Trinajstić information content (AvgIpc) is 2.14. The second-order valence-corrected chi connectivity index (χ2v) is 3.20. The summed E-state index contributed by atoms with van der Waals surface area (Å²) in [5, 5.41) is 8.48. The molecule has 0 bridgehead atoms. The number of alkyl halides is 3. The van der Waals surface area contributed by atoms with Gasteiger partial charge in [0.2, 0.25) is 0 Å². The summed E-state index contributed by atoms with van der Waals surface area (Å²) in [4.78, 5) is 10.4. The molecule has 1 unspecified atom stereocenters. The number of carboxylic acids is 1. The number of hydrogen-bond donors (Lipinski definition) is 1. The summed E-state index contributed by atoms with van der Waals surface area (Å²) in [6, 6.07) is 3.97. The Balaban J connectivity index is 2.89.